The molecular weight excluding hydrogens is 302 g/mol. The van der Waals surface area contributed by atoms with E-state index < -0.39 is 23.8 Å². The first-order valence-electron chi connectivity index (χ1n) is 4.81. The van der Waals surface area contributed by atoms with Crippen molar-refractivity contribution in [2.45, 2.75) is 12.0 Å². The van der Waals surface area contributed by atoms with Gasteiger partial charge in [0.1, 0.15) is 6.04 Å². The summed E-state index contributed by atoms with van der Waals surface area (Å²) in [4.78, 5) is 25.3. The molecule has 106 valence electrons. The molecule has 1 unspecified atom stereocenters. The molecule has 0 aromatic carbocycles. The number of carboxylic acid groups (broad SMARTS) is 1. The van der Waals surface area contributed by atoms with Gasteiger partial charge in [-0.2, -0.15) is 21.4 Å². The third-order valence-corrected chi connectivity index (χ3v) is 2.40. The molecule has 0 bridgehead atoms. The summed E-state index contributed by atoms with van der Waals surface area (Å²) in [6.45, 7) is 0. The molecule has 0 spiro atoms. The van der Waals surface area contributed by atoms with Crippen LogP contribution >= 0.6 is 25.0 Å². The van der Waals surface area contributed by atoms with E-state index in [0.717, 1.165) is 6.20 Å². The van der Waals surface area contributed by atoms with Gasteiger partial charge < -0.3 is 10.4 Å². The molecule has 0 aliphatic rings. The Labute approximate surface area is 119 Å². The van der Waals surface area contributed by atoms with Crippen molar-refractivity contribution >= 4 is 36.9 Å². The van der Waals surface area contributed by atoms with Crippen LogP contribution in [-0.4, -0.2) is 33.6 Å². The number of thiol groups is 1. The molecule has 1 heterocycles. The van der Waals surface area contributed by atoms with E-state index in [1.54, 1.807) is 0 Å². The Morgan fingerprint density at radius 3 is 2.58 bits per heavy atom. The lowest BCUT2D eigenvalue weighted by molar-refractivity contribution is -0.170. The smallest absolute Gasteiger partial charge is 0.377 e. The van der Waals surface area contributed by atoms with Crippen LogP contribution in [0.2, 0.25) is 0 Å². The Morgan fingerprint density at radius 2 is 2.16 bits per heavy atom. The van der Waals surface area contributed by atoms with Crippen molar-refractivity contribution in [3.63, 3.8) is 0 Å². The van der Waals surface area contributed by atoms with E-state index >= 15 is 0 Å². The molecule has 0 aliphatic carbocycles. The number of amides is 1. The Hall–Kier alpha value is -1.41. The Bertz CT molecular complexity index is 448. The maximum atomic E-state index is 13.5. The average Bonchev–Trinajstić information content (AvgIpc) is 2.36. The first-order valence-corrected chi connectivity index (χ1v) is 5.44. The van der Waals surface area contributed by atoms with Gasteiger partial charge in [0.05, 0.1) is 5.75 Å². The van der Waals surface area contributed by atoms with Crippen LogP contribution in [0.4, 0.5) is 8.78 Å². The van der Waals surface area contributed by atoms with E-state index in [1.165, 1.54) is 18.3 Å². The lowest BCUT2D eigenvalue weighted by Gasteiger charge is -2.24. The van der Waals surface area contributed by atoms with Gasteiger partial charge in [0.2, 0.25) is 5.91 Å². The summed E-state index contributed by atoms with van der Waals surface area (Å²) in [6, 6.07) is 0.642. The minimum atomic E-state index is -4.14. The van der Waals surface area contributed by atoms with Crippen LogP contribution in [0.1, 0.15) is 11.6 Å². The quantitative estimate of drug-likeness (QED) is 0.716. The largest absolute Gasteiger partial charge is 0.477 e. The van der Waals surface area contributed by atoms with Crippen molar-refractivity contribution in [1.29, 1.82) is 0 Å². The number of nitrogens with one attached hydrogen (secondary N) is 1. The molecule has 0 fully saturated rings. The van der Waals surface area contributed by atoms with E-state index in [2.05, 4.69) is 17.6 Å². The second-order valence-electron chi connectivity index (χ2n) is 3.37. The number of carboxylic acids is 1. The number of alkyl halides is 2. The standard InChI is InChI=1S/C10H10F2N2O3S.ClH/c11-10(12,9(16)17)8(14-7(15)5-18)6-2-1-3-13-4-6;/h1-4,8,18H,5H2,(H,14,15)(H,16,17);1H. The van der Waals surface area contributed by atoms with Crippen LogP contribution in [-0.2, 0) is 9.59 Å². The van der Waals surface area contributed by atoms with Crippen molar-refractivity contribution < 1.29 is 23.5 Å². The van der Waals surface area contributed by atoms with Crippen molar-refractivity contribution in [2.24, 2.45) is 0 Å². The molecule has 1 aromatic heterocycles. The fourth-order valence-electron chi connectivity index (χ4n) is 1.26. The van der Waals surface area contributed by atoms with Crippen LogP contribution in [0.25, 0.3) is 0 Å². The number of hydrogen-bond donors (Lipinski definition) is 3. The van der Waals surface area contributed by atoms with Crippen LogP contribution in [0.3, 0.4) is 0 Å². The lowest BCUT2D eigenvalue weighted by atomic mass is 10.0. The zero-order valence-corrected chi connectivity index (χ0v) is 11.1. The van der Waals surface area contributed by atoms with Gasteiger partial charge in [-0.25, -0.2) is 4.79 Å². The molecule has 2 N–H and O–H groups in total. The summed E-state index contributed by atoms with van der Waals surface area (Å²) in [5, 5.41) is 10.4. The number of pyridine rings is 1. The molecule has 1 rings (SSSR count). The normalized spacial score (nSPS) is 12.2. The van der Waals surface area contributed by atoms with Crippen LogP contribution < -0.4 is 5.32 Å². The first-order chi connectivity index (χ1) is 8.39. The Balaban J connectivity index is 0.00000324. The number of aromatic nitrogens is 1. The minimum Gasteiger partial charge on any atom is -0.477 e. The number of carbonyl (C=O) groups excluding carboxylic acids is 1. The summed E-state index contributed by atoms with van der Waals surface area (Å²) < 4.78 is 27.1. The van der Waals surface area contributed by atoms with Gasteiger partial charge in [-0.1, -0.05) is 6.07 Å². The number of rotatable bonds is 5. The number of hydrogen-bond acceptors (Lipinski definition) is 4. The van der Waals surface area contributed by atoms with Crippen molar-refractivity contribution in [3.05, 3.63) is 30.1 Å². The van der Waals surface area contributed by atoms with Gasteiger partial charge >= 0.3 is 11.9 Å². The maximum absolute atomic E-state index is 13.5. The van der Waals surface area contributed by atoms with Crippen LogP contribution in [0, 0.1) is 0 Å². The van der Waals surface area contributed by atoms with Gasteiger partial charge in [0.15, 0.2) is 0 Å². The van der Waals surface area contributed by atoms with Crippen LogP contribution in [0.15, 0.2) is 24.5 Å². The van der Waals surface area contributed by atoms with Gasteiger partial charge in [-0.15, -0.1) is 12.4 Å². The molecular formula is C10H11ClF2N2O3S. The number of aliphatic carboxylic acids is 1. The van der Waals surface area contributed by atoms with Crippen molar-refractivity contribution in [3.8, 4) is 0 Å². The average molecular weight is 313 g/mol. The monoisotopic (exact) mass is 312 g/mol. The highest BCUT2D eigenvalue weighted by atomic mass is 35.5. The lowest BCUT2D eigenvalue weighted by Crippen LogP contribution is -2.45. The SMILES string of the molecule is Cl.O=C(CS)NC(c1cccnc1)C(F)(F)C(=O)O. The highest BCUT2D eigenvalue weighted by Crippen LogP contribution is 2.31. The Morgan fingerprint density at radius 1 is 1.53 bits per heavy atom. The van der Waals surface area contributed by atoms with Crippen molar-refractivity contribution in [2.75, 3.05) is 5.75 Å². The predicted molar refractivity (Wildman–Crippen MR) is 68.8 cm³/mol. The van der Waals surface area contributed by atoms with E-state index in [4.69, 9.17) is 5.11 Å². The number of carbonyl (C=O) groups is 2. The Kier molecular flexibility index (Phi) is 6.71. The van der Waals surface area contributed by atoms with E-state index in [1.807, 2.05) is 5.32 Å². The van der Waals surface area contributed by atoms with E-state index in [-0.39, 0.29) is 23.7 Å². The second kappa shape index (κ2) is 7.25. The highest BCUT2D eigenvalue weighted by Gasteiger charge is 2.49. The molecule has 0 aliphatic heterocycles. The zero-order valence-electron chi connectivity index (χ0n) is 9.42. The van der Waals surface area contributed by atoms with E-state index in [0.29, 0.717) is 0 Å². The fraction of sp³-hybridized carbons (Fsp3) is 0.300. The summed E-state index contributed by atoms with van der Waals surface area (Å²) in [6.07, 6.45) is 2.42. The summed E-state index contributed by atoms with van der Waals surface area (Å²) in [5.41, 5.74) is -0.0972. The predicted octanol–water partition coefficient (Wildman–Crippen LogP) is 1.31. The summed E-state index contributed by atoms with van der Waals surface area (Å²) >= 11 is 3.63. The van der Waals surface area contributed by atoms with E-state index in [9.17, 15) is 18.4 Å². The zero-order chi connectivity index (χ0) is 13.8. The second-order valence-corrected chi connectivity index (χ2v) is 3.69. The number of nitrogens with zero attached hydrogens (tertiary/aromatic N) is 1. The molecule has 0 radical (unpaired) electrons. The van der Waals surface area contributed by atoms with Gasteiger partial charge in [0, 0.05) is 12.4 Å². The molecule has 9 heteroatoms. The molecule has 1 amide bonds. The fourth-order valence-corrected chi connectivity index (χ4v) is 1.35. The highest BCUT2D eigenvalue weighted by molar-refractivity contribution is 7.81. The topological polar surface area (TPSA) is 79.3 Å². The molecule has 1 atom stereocenters. The van der Waals surface area contributed by atoms with Gasteiger partial charge in [-0.3, -0.25) is 9.78 Å². The first kappa shape index (κ1) is 17.6. The van der Waals surface area contributed by atoms with Gasteiger partial charge in [0.25, 0.3) is 0 Å². The molecule has 0 saturated carbocycles. The molecule has 19 heavy (non-hydrogen) atoms. The van der Waals surface area contributed by atoms with Crippen molar-refractivity contribution in [1.82, 2.24) is 10.3 Å². The molecule has 5 nitrogen and oxygen atoms in total. The number of halogens is 3. The molecule has 0 saturated heterocycles. The third-order valence-electron chi connectivity index (χ3n) is 2.11. The third kappa shape index (κ3) is 4.32. The summed E-state index contributed by atoms with van der Waals surface area (Å²) in [5.74, 6) is -7.59. The maximum Gasteiger partial charge on any atom is 0.377 e. The van der Waals surface area contributed by atoms with Crippen LogP contribution in [0.5, 0.6) is 0 Å². The minimum absolute atomic E-state index is 0. The van der Waals surface area contributed by atoms with Gasteiger partial charge in [-0.05, 0) is 11.6 Å². The summed E-state index contributed by atoms with van der Waals surface area (Å²) in [7, 11) is 0. The molecule has 1 aromatic rings.